The predicted octanol–water partition coefficient (Wildman–Crippen LogP) is 3.10. The minimum Gasteiger partial charge on any atom is -0.406 e. The lowest BCUT2D eigenvalue weighted by Crippen LogP contribution is -2.26. The zero-order valence-electron chi connectivity index (χ0n) is 11.0. The molecule has 1 aromatic carbocycles. The van der Waals surface area contributed by atoms with Gasteiger partial charge in [0, 0.05) is 19.7 Å². The second-order valence-electron chi connectivity index (χ2n) is 4.09. The van der Waals surface area contributed by atoms with Gasteiger partial charge in [0.25, 0.3) is 0 Å². The zero-order valence-corrected chi connectivity index (χ0v) is 11.0. The molecule has 0 bridgehead atoms. The molecule has 0 heterocycles. The summed E-state index contributed by atoms with van der Waals surface area (Å²) in [5, 5.41) is 3.11. The van der Waals surface area contributed by atoms with Gasteiger partial charge in [0.15, 0.2) is 0 Å². The molecule has 1 atom stereocenters. The number of benzene rings is 1. The highest BCUT2D eigenvalue weighted by Gasteiger charge is 2.31. The van der Waals surface area contributed by atoms with Crippen molar-refractivity contribution in [3.63, 3.8) is 0 Å². The van der Waals surface area contributed by atoms with Crippen LogP contribution in [0.5, 0.6) is 5.75 Å². The maximum Gasteiger partial charge on any atom is 0.573 e. The third-order valence-electron chi connectivity index (χ3n) is 2.34. The normalized spacial score (nSPS) is 13.3. The summed E-state index contributed by atoms with van der Waals surface area (Å²) >= 11 is 0. The fourth-order valence-electron chi connectivity index (χ4n) is 1.62. The van der Waals surface area contributed by atoms with Crippen LogP contribution in [0.4, 0.5) is 13.2 Å². The topological polar surface area (TPSA) is 30.5 Å². The molecular weight excluding hydrogens is 259 g/mol. The van der Waals surface area contributed by atoms with E-state index in [2.05, 4.69) is 10.1 Å². The molecule has 3 nitrogen and oxygen atoms in total. The van der Waals surface area contributed by atoms with Crippen LogP contribution in [0.1, 0.15) is 19.4 Å². The second kappa shape index (κ2) is 7.35. The van der Waals surface area contributed by atoms with Gasteiger partial charge in [-0.1, -0.05) is 12.1 Å². The van der Waals surface area contributed by atoms with E-state index < -0.39 is 6.36 Å². The van der Waals surface area contributed by atoms with Gasteiger partial charge in [-0.3, -0.25) is 0 Å². The Labute approximate surface area is 110 Å². The third-order valence-corrected chi connectivity index (χ3v) is 2.34. The monoisotopic (exact) mass is 277 g/mol. The summed E-state index contributed by atoms with van der Waals surface area (Å²) in [7, 11) is 0. The molecule has 108 valence electrons. The Kier molecular flexibility index (Phi) is 6.11. The van der Waals surface area contributed by atoms with Gasteiger partial charge in [0.1, 0.15) is 5.75 Å². The molecule has 19 heavy (non-hydrogen) atoms. The van der Waals surface area contributed by atoms with Gasteiger partial charge in [0.05, 0.1) is 6.10 Å². The minimum absolute atomic E-state index is 0.0691. The van der Waals surface area contributed by atoms with Crippen molar-refractivity contribution in [1.82, 2.24) is 5.32 Å². The summed E-state index contributed by atoms with van der Waals surface area (Å²) in [6, 6.07) is 5.91. The van der Waals surface area contributed by atoms with E-state index in [1.54, 1.807) is 6.07 Å². The average Bonchev–Trinajstić information content (AvgIpc) is 2.27. The van der Waals surface area contributed by atoms with E-state index in [0.717, 1.165) is 5.56 Å². The van der Waals surface area contributed by atoms with Crippen LogP contribution < -0.4 is 10.1 Å². The van der Waals surface area contributed by atoms with Crippen LogP contribution in [-0.4, -0.2) is 25.6 Å². The highest BCUT2D eigenvalue weighted by molar-refractivity contribution is 5.28. The first kappa shape index (κ1) is 15.8. The van der Waals surface area contributed by atoms with Crippen molar-refractivity contribution < 1.29 is 22.6 Å². The molecule has 1 aromatic rings. The van der Waals surface area contributed by atoms with Crippen LogP contribution in [0.25, 0.3) is 0 Å². The van der Waals surface area contributed by atoms with Gasteiger partial charge >= 0.3 is 6.36 Å². The number of hydrogen-bond donors (Lipinski definition) is 1. The Balaban J connectivity index is 2.44. The maximum atomic E-state index is 12.1. The smallest absolute Gasteiger partial charge is 0.406 e. The standard InChI is InChI=1S/C13H18F3NO2/c1-3-18-10(2)8-17-9-11-5-4-6-12(7-11)19-13(14,15)16/h4-7,10,17H,3,8-9H2,1-2H3. The zero-order chi connectivity index (χ0) is 14.3. The minimum atomic E-state index is -4.66. The van der Waals surface area contributed by atoms with Crippen LogP contribution in [0.15, 0.2) is 24.3 Å². The van der Waals surface area contributed by atoms with E-state index in [1.165, 1.54) is 18.2 Å². The molecule has 1 unspecified atom stereocenters. The van der Waals surface area contributed by atoms with E-state index in [1.807, 2.05) is 13.8 Å². The van der Waals surface area contributed by atoms with Crippen LogP contribution in [-0.2, 0) is 11.3 Å². The van der Waals surface area contributed by atoms with Crippen molar-refractivity contribution >= 4 is 0 Å². The molecule has 0 fully saturated rings. The lowest BCUT2D eigenvalue weighted by molar-refractivity contribution is -0.274. The van der Waals surface area contributed by atoms with Crippen LogP contribution in [0, 0.1) is 0 Å². The largest absolute Gasteiger partial charge is 0.573 e. The van der Waals surface area contributed by atoms with Gasteiger partial charge in [-0.25, -0.2) is 0 Å². The first-order valence-corrected chi connectivity index (χ1v) is 6.07. The summed E-state index contributed by atoms with van der Waals surface area (Å²) in [6.45, 7) is 5.58. The molecule has 0 amide bonds. The van der Waals surface area contributed by atoms with Crippen LogP contribution in [0.3, 0.4) is 0 Å². The molecule has 0 spiro atoms. The average molecular weight is 277 g/mol. The first-order chi connectivity index (χ1) is 8.90. The van der Waals surface area contributed by atoms with Crippen molar-refractivity contribution in [3.05, 3.63) is 29.8 Å². The number of halogens is 3. The maximum absolute atomic E-state index is 12.1. The van der Waals surface area contributed by atoms with E-state index >= 15 is 0 Å². The van der Waals surface area contributed by atoms with Gasteiger partial charge in [-0.05, 0) is 31.5 Å². The molecule has 0 saturated carbocycles. The molecular formula is C13H18F3NO2. The van der Waals surface area contributed by atoms with E-state index in [4.69, 9.17) is 4.74 Å². The fraction of sp³-hybridized carbons (Fsp3) is 0.538. The molecule has 0 aromatic heterocycles. The molecule has 0 saturated heterocycles. The Morgan fingerprint density at radius 3 is 2.68 bits per heavy atom. The summed E-state index contributed by atoms with van der Waals surface area (Å²) in [4.78, 5) is 0. The Hall–Kier alpha value is -1.27. The Morgan fingerprint density at radius 2 is 2.05 bits per heavy atom. The van der Waals surface area contributed by atoms with Crippen molar-refractivity contribution in [3.8, 4) is 5.75 Å². The molecule has 0 radical (unpaired) electrons. The molecule has 6 heteroatoms. The van der Waals surface area contributed by atoms with Gasteiger partial charge in [-0.15, -0.1) is 13.2 Å². The van der Waals surface area contributed by atoms with Crippen molar-refractivity contribution in [1.29, 1.82) is 0 Å². The van der Waals surface area contributed by atoms with E-state index in [0.29, 0.717) is 19.7 Å². The summed E-state index contributed by atoms with van der Waals surface area (Å²) in [5.74, 6) is -0.204. The predicted molar refractivity (Wildman–Crippen MR) is 65.9 cm³/mol. The van der Waals surface area contributed by atoms with Gasteiger partial charge in [-0.2, -0.15) is 0 Å². The summed E-state index contributed by atoms with van der Waals surface area (Å²) in [5.41, 5.74) is 0.727. The molecule has 1 rings (SSSR count). The number of ether oxygens (including phenoxy) is 2. The fourth-order valence-corrected chi connectivity index (χ4v) is 1.62. The van der Waals surface area contributed by atoms with E-state index in [9.17, 15) is 13.2 Å². The van der Waals surface area contributed by atoms with Gasteiger partial charge in [0.2, 0.25) is 0 Å². The quantitative estimate of drug-likeness (QED) is 0.830. The number of rotatable bonds is 7. The van der Waals surface area contributed by atoms with E-state index in [-0.39, 0.29) is 11.9 Å². The molecule has 0 aliphatic heterocycles. The lowest BCUT2D eigenvalue weighted by atomic mass is 10.2. The number of hydrogen-bond acceptors (Lipinski definition) is 3. The van der Waals surface area contributed by atoms with Crippen LogP contribution >= 0.6 is 0 Å². The summed E-state index contributed by atoms with van der Waals surface area (Å²) < 4.78 is 45.4. The van der Waals surface area contributed by atoms with Crippen LogP contribution in [0.2, 0.25) is 0 Å². The molecule has 1 N–H and O–H groups in total. The highest BCUT2D eigenvalue weighted by atomic mass is 19.4. The number of nitrogens with one attached hydrogen (secondary N) is 1. The highest BCUT2D eigenvalue weighted by Crippen LogP contribution is 2.23. The summed E-state index contributed by atoms with van der Waals surface area (Å²) in [6.07, 6.45) is -4.59. The second-order valence-corrected chi connectivity index (χ2v) is 4.09. The van der Waals surface area contributed by atoms with Crippen molar-refractivity contribution in [2.75, 3.05) is 13.2 Å². The third kappa shape index (κ3) is 7.03. The van der Waals surface area contributed by atoms with Crippen molar-refractivity contribution in [2.45, 2.75) is 32.9 Å². The van der Waals surface area contributed by atoms with Crippen molar-refractivity contribution in [2.24, 2.45) is 0 Å². The number of alkyl halides is 3. The Morgan fingerprint density at radius 1 is 1.32 bits per heavy atom. The van der Waals surface area contributed by atoms with Gasteiger partial charge < -0.3 is 14.8 Å². The first-order valence-electron chi connectivity index (χ1n) is 6.07. The SMILES string of the molecule is CCOC(C)CNCc1cccc(OC(F)(F)F)c1. The Bertz CT molecular complexity index is 382. The lowest BCUT2D eigenvalue weighted by Gasteiger charge is -2.13. The molecule has 0 aliphatic rings. The molecule has 0 aliphatic carbocycles.